The molecule has 0 aliphatic heterocycles. The van der Waals surface area contributed by atoms with Crippen LogP contribution in [0, 0.1) is 10.1 Å². The number of ether oxygens (including phenoxy) is 1. The second kappa shape index (κ2) is 5.85. The van der Waals surface area contributed by atoms with Crippen LogP contribution in [-0.2, 0) is 0 Å². The zero-order valence-electron chi connectivity index (χ0n) is 10.5. The van der Waals surface area contributed by atoms with Gasteiger partial charge in [-0.1, -0.05) is 11.6 Å². The average molecular weight is 295 g/mol. The van der Waals surface area contributed by atoms with Crippen molar-refractivity contribution in [3.8, 4) is 11.6 Å². The van der Waals surface area contributed by atoms with Gasteiger partial charge in [0, 0.05) is 28.9 Å². The van der Waals surface area contributed by atoms with Crippen LogP contribution in [0.2, 0.25) is 5.02 Å². The first-order chi connectivity index (χ1) is 9.49. The number of aliphatic hydroxyl groups is 1. The van der Waals surface area contributed by atoms with E-state index in [2.05, 4.69) is 4.98 Å². The highest BCUT2D eigenvalue weighted by molar-refractivity contribution is 6.30. The number of halogens is 1. The van der Waals surface area contributed by atoms with Gasteiger partial charge >= 0.3 is 5.69 Å². The SMILES string of the molecule is CC(O)c1cccnc1Oc1cc(Cl)ccc1[N+](=O)[O-]. The van der Waals surface area contributed by atoms with Crippen molar-refractivity contribution >= 4 is 17.3 Å². The molecule has 0 fully saturated rings. The van der Waals surface area contributed by atoms with Crippen molar-refractivity contribution in [3.05, 3.63) is 57.2 Å². The highest BCUT2D eigenvalue weighted by Crippen LogP contribution is 2.35. The summed E-state index contributed by atoms with van der Waals surface area (Å²) >= 11 is 5.82. The Morgan fingerprint density at radius 1 is 1.45 bits per heavy atom. The number of aliphatic hydroxyl groups excluding tert-OH is 1. The molecule has 104 valence electrons. The maximum atomic E-state index is 11.0. The third-order valence-corrected chi connectivity index (χ3v) is 2.81. The van der Waals surface area contributed by atoms with Crippen LogP contribution in [-0.4, -0.2) is 15.0 Å². The van der Waals surface area contributed by atoms with Gasteiger partial charge in [0.1, 0.15) is 0 Å². The number of hydrogen-bond donors (Lipinski definition) is 1. The summed E-state index contributed by atoms with van der Waals surface area (Å²) in [7, 11) is 0. The van der Waals surface area contributed by atoms with Gasteiger partial charge in [-0.25, -0.2) is 4.98 Å². The standard InChI is InChI=1S/C13H11ClN2O4/c1-8(17)10-3-2-6-15-13(10)20-12-7-9(14)4-5-11(12)16(18)19/h2-8,17H,1H3. The lowest BCUT2D eigenvalue weighted by Gasteiger charge is -2.11. The van der Waals surface area contributed by atoms with Crippen LogP contribution in [0.15, 0.2) is 36.5 Å². The van der Waals surface area contributed by atoms with Crippen molar-refractivity contribution in [2.75, 3.05) is 0 Å². The number of nitro groups is 1. The fourth-order valence-corrected chi connectivity index (χ4v) is 1.79. The molecule has 1 unspecified atom stereocenters. The molecule has 0 amide bonds. The Kier molecular flexibility index (Phi) is 4.16. The van der Waals surface area contributed by atoms with Crippen molar-refractivity contribution in [3.63, 3.8) is 0 Å². The molecule has 20 heavy (non-hydrogen) atoms. The molecule has 0 spiro atoms. The molecule has 7 heteroatoms. The van der Waals surface area contributed by atoms with Gasteiger partial charge in [-0.2, -0.15) is 0 Å². The molecule has 0 saturated carbocycles. The summed E-state index contributed by atoms with van der Waals surface area (Å²) in [5, 5.41) is 20.9. The Labute approximate surface area is 119 Å². The lowest BCUT2D eigenvalue weighted by Crippen LogP contribution is -2.00. The largest absolute Gasteiger partial charge is 0.431 e. The Hall–Kier alpha value is -2.18. The fourth-order valence-electron chi connectivity index (χ4n) is 1.63. The predicted octanol–water partition coefficient (Wildman–Crippen LogP) is 3.49. The normalized spacial score (nSPS) is 11.9. The van der Waals surface area contributed by atoms with E-state index in [0.29, 0.717) is 10.6 Å². The molecule has 6 nitrogen and oxygen atoms in total. The molecule has 1 atom stereocenters. The summed E-state index contributed by atoms with van der Waals surface area (Å²) in [6, 6.07) is 7.26. The summed E-state index contributed by atoms with van der Waals surface area (Å²) in [4.78, 5) is 14.4. The van der Waals surface area contributed by atoms with Crippen molar-refractivity contribution in [1.82, 2.24) is 4.98 Å². The van der Waals surface area contributed by atoms with Gasteiger partial charge in [0.15, 0.2) is 0 Å². The van der Waals surface area contributed by atoms with Gasteiger partial charge in [-0.05, 0) is 25.1 Å². The number of benzene rings is 1. The van der Waals surface area contributed by atoms with E-state index in [1.54, 1.807) is 19.1 Å². The van der Waals surface area contributed by atoms with Crippen molar-refractivity contribution < 1.29 is 14.8 Å². The average Bonchev–Trinajstić information content (AvgIpc) is 2.38. The number of aromatic nitrogens is 1. The van der Waals surface area contributed by atoms with Crippen LogP contribution in [0.25, 0.3) is 0 Å². The van der Waals surface area contributed by atoms with E-state index in [0.717, 1.165) is 0 Å². The van der Waals surface area contributed by atoms with Gasteiger partial charge < -0.3 is 9.84 Å². The molecular formula is C13H11ClN2O4. The second-order valence-corrected chi connectivity index (χ2v) is 4.48. The molecule has 2 rings (SSSR count). The molecule has 0 saturated heterocycles. The fraction of sp³-hybridized carbons (Fsp3) is 0.154. The third kappa shape index (κ3) is 3.04. The maximum Gasteiger partial charge on any atom is 0.311 e. The zero-order valence-corrected chi connectivity index (χ0v) is 11.2. The highest BCUT2D eigenvalue weighted by atomic mass is 35.5. The van der Waals surface area contributed by atoms with Crippen LogP contribution >= 0.6 is 11.6 Å². The Bertz CT molecular complexity index is 646. The van der Waals surface area contributed by atoms with Gasteiger partial charge in [-0.3, -0.25) is 10.1 Å². The number of rotatable bonds is 4. The van der Waals surface area contributed by atoms with Gasteiger partial charge in [0.25, 0.3) is 0 Å². The van der Waals surface area contributed by atoms with Gasteiger partial charge in [-0.15, -0.1) is 0 Å². The van der Waals surface area contributed by atoms with E-state index >= 15 is 0 Å². The summed E-state index contributed by atoms with van der Waals surface area (Å²) in [5.74, 6) is 0.0796. The zero-order chi connectivity index (χ0) is 14.7. The van der Waals surface area contributed by atoms with Crippen LogP contribution in [0.1, 0.15) is 18.6 Å². The van der Waals surface area contributed by atoms with E-state index < -0.39 is 11.0 Å². The lowest BCUT2D eigenvalue weighted by molar-refractivity contribution is -0.385. The van der Waals surface area contributed by atoms with Crippen molar-refractivity contribution in [2.24, 2.45) is 0 Å². The number of nitro benzene ring substituents is 1. The van der Waals surface area contributed by atoms with Crippen LogP contribution in [0.3, 0.4) is 0 Å². The number of hydrogen-bond acceptors (Lipinski definition) is 5. The molecule has 2 aromatic rings. The van der Waals surface area contributed by atoms with Crippen molar-refractivity contribution in [2.45, 2.75) is 13.0 Å². The van der Waals surface area contributed by atoms with Gasteiger partial charge in [0.05, 0.1) is 11.0 Å². The molecule has 1 N–H and O–H groups in total. The molecule has 0 aliphatic rings. The summed E-state index contributed by atoms with van der Waals surface area (Å²) in [6.45, 7) is 1.55. The maximum absolute atomic E-state index is 11.0. The number of pyridine rings is 1. The minimum atomic E-state index is -0.808. The summed E-state index contributed by atoms with van der Waals surface area (Å²) in [5.41, 5.74) is 0.207. The topological polar surface area (TPSA) is 85.5 Å². The smallest absolute Gasteiger partial charge is 0.311 e. The van der Waals surface area contributed by atoms with E-state index in [1.165, 1.54) is 24.4 Å². The summed E-state index contributed by atoms with van der Waals surface area (Å²) < 4.78 is 5.45. The van der Waals surface area contributed by atoms with Crippen LogP contribution in [0.5, 0.6) is 11.6 Å². The van der Waals surface area contributed by atoms with E-state index in [4.69, 9.17) is 16.3 Å². The molecule has 0 radical (unpaired) electrons. The monoisotopic (exact) mass is 294 g/mol. The Morgan fingerprint density at radius 3 is 2.85 bits per heavy atom. The molecular weight excluding hydrogens is 284 g/mol. The minimum Gasteiger partial charge on any atom is -0.431 e. The van der Waals surface area contributed by atoms with Crippen molar-refractivity contribution in [1.29, 1.82) is 0 Å². The Balaban J connectivity index is 2.45. The van der Waals surface area contributed by atoms with E-state index in [1.807, 2.05) is 0 Å². The minimum absolute atomic E-state index is 0.0249. The summed E-state index contributed by atoms with van der Waals surface area (Å²) in [6.07, 6.45) is 0.661. The number of nitrogens with zero attached hydrogens (tertiary/aromatic N) is 2. The lowest BCUT2D eigenvalue weighted by atomic mass is 10.2. The van der Waals surface area contributed by atoms with E-state index in [-0.39, 0.29) is 17.3 Å². The van der Waals surface area contributed by atoms with E-state index in [9.17, 15) is 15.2 Å². The van der Waals surface area contributed by atoms with Crippen LogP contribution in [0.4, 0.5) is 5.69 Å². The molecule has 0 aliphatic carbocycles. The first-order valence-corrected chi connectivity index (χ1v) is 6.11. The second-order valence-electron chi connectivity index (χ2n) is 4.04. The molecule has 0 bridgehead atoms. The van der Waals surface area contributed by atoms with Gasteiger partial charge in [0.2, 0.25) is 11.6 Å². The Morgan fingerprint density at radius 2 is 2.20 bits per heavy atom. The molecule has 1 aromatic carbocycles. The third-order valence-electron chi connectivity index (χ3n) is 2.58. The predicted molar refractivity (Wildman–Crippen MR) is 73.1 cm³/mol. The van der Waals surface area contributed by atoms with Crippen LogP contribution < -0.4 is 4.74 Å². The first-order valence-electron chi connectivity index (χ1n) is 5.74. The quantitative estimate of drug-likeness (QED) is 0.689. The first kappa shape index (κ1) is 14.2. The molecule has 1 heterocycles. The highest BCUT2D eigenvalue weighted by Gasteiger charge is 2.19. The molecule has 1 aromatic heterocycles.